The van der Waals surface area contributed by atoms with Crippen molar-refractivity contribution in [2.45, 2.75) is 117 Å². The molecular weight excluding hydrogens is 418 g/mol. The molecule has 1 heterocycles. The van der Waals surface area contributed by atoms with E-state index in [9.17, 15) is 14.4 Å². The molecule has 5 atom stereocenters. The average molecular weight is 464 g/mol. The molecule has 0 radical (unpaired) electrons. The predicted octanol–water partition coefficient (Wildman–Crippen LogP) is 3.39. The van der Waals surface area contributed by atoms with Crippen molar-refractivity contribution in [3.8, 4) is 0 Å². The van der Waals surface area contributed by atoms with Crippen LogP contribution in [0.2, 0.25) is 0 Å². The lowest BCUT2D eigenvalue weighted by molar-refractivity contribution is -0.165. The van der Waals surface area contributed by atoms with Gasteiger partial charge in [0.25, 0.3) is 0 Å². The van der Waals surface area contributed by atoms with Gasteiger partial charge in [0.2, 0.25) is 11.8 Å². The molecule has 0 bridgehead atoms. The zero-order valence-electron chi connectivity index (χ0n) is 21.5. The lowest BCUT2D eigenvalue weighted by Crippen LogP contribution is -2.60. The molecule has 33 heavy (non-hydrogen) atoms. The van der Waals surface area contributed by atoms with Crippen LogP contribution in [0.1, 0.15) is 92.9 Å². The maximum atomic E-state index is 13.9. The highest BCUT2D eigenvalue weighted by Gasteiger charge is 2.53. The smallest absolute Gasteiger partial charge is 0.329 e. The van der Waals surface area contributed by atoms with Crippen LogP contribution in [0.4, 0.5) is 0 Å². The molecule has 188 valence electrons. The Kier molecular flexibility index (Phi) is 7.82. The molecule has 1 aliphatic heterocycles. The van der Waals surface area contributed by atoms with E-state index in [2.05, 4.69) is 5.32 Å². The van der Waals surface area contributed by atoms with Crippen LogP contribution in [-0.2, 0) is 19.1 Å². The van der Waals surface area contributed by atoms with Crippen molar-refractivity contribution in [2.75, 3.05) is 6.54 Å². The van der Waals surface area contributed by atoms with Crippen molar-refractivity contribution in [2.24, 2.45) is 28.9 Å². The molecule has 7 heteroatoms. The van der Waals surface area contributed by atoms with Crippen molar-refractivity contribution < 1.29 is 19.1 Å². The summed E-state index contributed by atoms with van der Waals surface area (Å²) in [6.07, 6.45) is 8.33. The summed E-state index contributed by atoms with van der Waals surface area (Å²) in [4.78, 5) is 41.9. The second kappa shape index (κ2) is 9.93. The number of carbonyl (C=O) groups is 3. The highest BCUT2D eigenvalue weighted by atomic mass is 16.6. The monoisotopic (exact) mass is 463 g/mol. The molecule has 3 fully saturated rings. The summed E-state index contributed by atoms with van der Waals surface area (Å²) in [5.41, 5.74) is 5.21. The molecule has 0 aromatic heterocycles. The molecule has 1 saturated heterocycles. The molecule has 2 unspecified atom stereocenters. The fourth-order valence-corrected chi connectivity index (χ4v) is 5.96. The molecule has 0 aromatic rings. The summed E-state index contributed by atoms with van der Waals surface area (Å²) in [5, 5.41) is 3.00. The Labute approximate surface area is 199 Å². The van der Waals surface area contributed by atoms with E-state index < -0.39 is 29.1 Å². The van der Waals surface area contributed by atoms with Crippen LogP contribution in [0.3, 0.4) is 0 Å². The zero-order valence-corrected chi connectivity index (χ0v) is 21.5. The summed E-state index contributed by atoms with van der Waals surface area (Å²) in [6, 6.07) is -1.94. The van der Waals surface area contributed by atoms with E-state index in [1.165, 1.54) is 6.42 Å². The van der Waals surface area contributed by atoms with E-state index in [1.54, 1.807) is 4.90 Å². The molecule has 2 aliphatic carbocycles. The number of nitrogens with zero attached hydrogens (tertiary/aromatic N) is 1. The number of carbonyl (C=O) groups excluding carboxylic acids is 3. The number of likely N-dealkylation sites (tertiary alicyclic amines) is 1. The number of nitrogens with one attached hydrogen (secondary N) is 1. The molecule has 2 amide bonds. The van der Waals surface area contributed by atoms with Gasteiger partial charge in [0.1, 0.15) is 17.7 Å². The summed E-state index contributed by atoms with van der Waals surface area (Å²) in [6.45, 7) is 11.9. The van der Waals surface area contributed by atoms with Gasteiger partial charge >= 0.3 is 5.97 Å². The number of amides is 2. The quantitative estimate of drug-likeness (QED) is 0.609. The Morgan fingerprint density at radius 3 is 2.15 bits per heavy atom. The topological polar surface area (TPSA) is 102 Å². The summed E-state index contributed by atoms with van der Waals surface area (Å²) >= 11 is 0. The van der Waals surface area contributed by atoms with Crippen molar-refractivity contribution in [1.29, 1.82) is 0 Å². The number of rotatable bonds is 5. The number of hydrogen-bond donors (Lipinski definition) is 2. The molecule has 0 aromatic carbocycles. The van der Waals surface area contributed by atoms with Gasteiger partial charge < -0.3 is 20.7 Å². The van der Waals surface area contributed by atoms with E-state index >= 15 is 0 Å². The van der Waals surface area contributed by atoms with Gasteiger partial charge in [-0.1, -0.05) is 46.5 Å². The Morgan fingerprint density at radius 1 is 0.939 bits per heavy atom. The SMILES string of the molecule is CC(C)(C)OC(=O)[C@@H]1[C@H]2CCC[C@H]2CN1C(=O)C(NC(=O)C(N)C1CCCCC1)C(C)(C)C. The minimum atomic E-state index is -0.747. The van der Waals surface area contributed by atoms with Crippen LogP contribution >= 0.6 is 0 Å². The first-order chi connectivity index (χ1) is 15.3. The van der Waals surface area contributed by atoms with E-state index in [0.29, 0.717) is 12.5 Å². The normalized spacial score (nSPS) is 28.2. The van der Waals surface area contributed by atoms with Gasteiger partial charge in [-0.3, -0.25) is 9.59 Å². The fourth-order valence-electron chi connectivity index (χ4n) is 5.96. The first-order valence-corrected chi connectivity index (χ1v) is 12.9. The van der Waals surface area contributed by atoms with Gasteiger partial charge in [-0.15, -0.1) is 0 Å². The van der Waals surface area contributed by atoms with Crippen molar-refractivity contribution in [1.82, 2.24) is 10.2 Å². The third-order valence-corrected chi connectivity index (χ3v) is 7.68. The fraction of sp³-hybridized carbons (Fsp3) is 0.885. The second-order valence-electron chi connectivity index (χ2n) is 12.6. The molecular formula is C26H45N3O4. The van der Waals surface area contributed by atoms with Gasteiger partial charge in [0.15, 0.2) is 0 Å². The Balaban J connectivity index is 1.79. The van der Waals surface area contributed by atoms with Gasteiger partial charge in [0.05, 0.1) is 6.04 Å². The lowest BCUT2D eigenvalue weighted by atomic mass is 9.82. The van der Waals surface area contributed by atoms with Gasteiger partial charge in [-0.25, -0.2) is 4.79 Å². The standard InChI is InChI=1S/C26H45N3O4/c1-25(2,3)21(28-22(30)19(27)16-11-8-7-9-12-16)23(31)29-15-17-13-10-14-18(17)20(29)24(32)33-26(4,5)6/h16-21H,7-15,27H2,1-6H3,(H,28,30)/t17-,18-,19?,20-,21?/m0/s1. The van der Waals surface area contributed by atoms with Gasteiger partial charge in [0, 0.05) is 6.54 Å². The van der Waals surface area contributed by atoms with E-state index in [-0.39, 0.29) is 29.6 Å². The molecule has 0 spiro atoms. The van der Waals surface area contributed by atoms with Crippen LogP contribution in [0, 0.1) is 23.2 Å². The highest BCUT2D eigenvalue weighted by molar-refractivity contribution is 5.93. The van der Waals surface area contributed by atoms with Gasteiger partial charge in [-0.2, -0.15) is 0 Å². The predicted molar refractivity (Wildman–Crippen MR) is 128 cm³/mol. The van der Waals surface area contributed by atoms with Crippen molar-refractivity contribution in [3.63, 3.8) is 0 Å². The third kappa shape index (κ3) is 6.09. The van der Waals surface area contributed by atoms with Crippen molar-refractivity contribution >= 4 is 17.8 Å². The zero-order chi connectivity index (χ0) is 24.6. The number of fused-ring (bicyclic) bond motifs is 1. The Morgan fingerprint density at radius 2 is 1.58 bits per heavy atom. The summed E-state index contributed by atoms with van der Waals surface area (Å²) in [5.74, 6) is -0.185. The lowest BCUT2D eigenvalue weighted by Gasteiger charge is -2.37. The van der Waals surface area contributed by atoms with Crippen LogP contribution in [-0.4, -0.2) is 53.0 Å². The van der Waals surface area contributed by atoms with Crippen molar-refractivity contribution in [3.05, 3.63) is 0 Å². The van der Waals surface area contributed by atoms with E-state index in [0.717, 1.165) is 44.9 Å². The molecule has 3 aliphatic rings. The van der Waals surface area contributed by atoms with E-state index in [4.69, 9.17) is 10.5 Å². The summed E-state index contributed by atoms with van der Waals surface area (Å²) < 4.78 is 5.73. The minimum Gasteiger partial charge on any atom is -0.458 e. The molecule has 3 N–H and O–H groups in total. The van der Waals surface area contributed by atoms with Crippen LogP contribution in [0.15, 0.2) is 0 Å². The first kappa shape index (κ1) is 26.0. The number of ether oxygens (including phenoxy) is 1. The summed E-state index contributed by atoms with van der Waals surface area (Å²) in [7, 11) is 0. The highest BCUT2D eigenvalue weighted by Crippen LogP contribution is 2.43. The maximum Gasteiger partial charge on any atom is 0.329 e. The Bertz CT molecular complexity index is 733. The minimum absolute atomic E-state index is 0.129. The average Bonchev–Trinajstić information content (AvgIpc) is 3.30. The first-order valence-electron chi connectivity index (χ1n) is 12.9. The van der Waals surface area contributed by atoms with Gasteiger partial charge in [-0.05, 0) is 69.6 Å². The van der Waals surface area contributed by atoms with E-state index in [1.807, 2.05) is 41.5 Å². The number of esters is 1. The number of hydrogen-bond acceptors (Lipinski definition) is 5. The maximum absolute atomic E-state index is 13.9. The van der Waals surface area contributed by atoms with Crippen LogP contribution in [0.5, 0.6) is 0 Å². The third-order valence-electron chi connectivity index (χ3n) is 7.68. The largest absolute Gasteiger partial charge is 0.458 e. The number of nitrogens with two attached hydrogens (primary N) is 1. The molecule has 3 rings (SSSR count). The Hall–Kier alpha value is -1.63. The van der Waals surface area contributed by atoms with Crippen LogP contribution < -0.4 is 11.1 Å². The second-order valence-corrected chi connectivity index (χ2v) is 12.6. The molecule has 2 saturated carbocycles. The molecule has 7 nitrogen and oxygen atoms in total. The van der Waals surface area contributed by atoms with Crippen LogP contribution in [0.25, 0.3) is 0 Å².